The van der Waals surface area contributed by atoms with E-state index < -0.39 is 11.4 Å². The average molecular weight is 186 g/mol. The van der Waals surface area contributed by atoms with E-state index in [2.05, 4.69) is 5.32 Å². The molecule has 5 nitrogen and oxygen atoms in total. The van der Waals surface area contributed by atoms with Crippen LogP contribution in [0.4, 0.5) is 0 Å². The summed E-state index contributed by atoms with van der Waals surface area (Å²) in [7, 11) is 0. The fraction of sp³-hybridized carbons (Fsp3) is 0.750. The van der Waals surface area contributed by atoms with Crippen LogP contribution in [0.1, 0.15) is 19.3 Å². The number of hydrogen-bond donors (Lipinski definition) is 3. The van der Waals surface area contributed by atoms with Crippen molar-refractivity contribution >= 4 is 11.9 Å². The highest BCUT2D eigenvalue weighted by molar-refractivity contribution is 5.80. The molecule has 0 heterocycles. The van der Waals surface area contributed by atoms with Gasteiger partial charge in [-0.15, -0.1) is 0 Å². The molecule has 1 rings (SSSR count). The number of rotatable bonds is 4. The van der Waals surface area contributed by atoms with E-state index in [0.717, 1.165) is 6.42 Å². The first-order valence-corrected chi connectivity index (χ1v) is 4.31. The third kappa shape index (κ3) is 1.98. The molecule has 0 spiro atoms. The molecule has 0 aliphatic heterocycles. The Hall–Kier alpha value is -1.10. The van der Waals surface area contributed by atoms with Crippen LogP contribution in [0.2, 0.25) is 0 Å². The van der Waals surface area contributed by atoms with Gasteiger partial charge in [0.25, 0.3) is 0 Å². The fourth-order valence-electron chi connectivity index (χ4n) is 1.41. The monoisotopic (exact) mass is 186 g/mol. The summed E-state index contributed by atoms with van der Waals surface area (Å²) in [6.45, 7) is 0.119. The molecule has 0 aromatic heterocycles. The van der Waals surface area contributed by atoms with E-state index in [1.807, 2.05) is 0 Å². The molecule has 0 radical (unpaired) electrons. The predicted molar refractivity (Wildman–Crippen MR) is 46.0 cm³/mol. The first-order chi connectivity index (χ1) is 6.10. The molecule has 74 valence electrons. The lowest BCUT2D eigenvalue weighted by Gasteiger charge is -2.37. The smallest absolute Gasteiger partial charge is 0.311 e. The second kappa shape index (κ2) is 3.74. The van der Waals surface area contributed by atoms with Crippen LogP contribution >= 0.6 is 0 Å². The first kappa shape index (κ1) is 9.98. The summed E-state index contributed by atoms with van der Waals surface area (Å²) in [5, 5.41) is 11.4. The molecular formula is C8H14N2O3. The van der Waals surface area contributed by atoms with Crippen LogP contribution in [-0.2, 0) is 9.59 Å². The van der Waals surface area contributed by atoms with Crippen molar-refractivity contribution in [1.29, 1.82) is 0 Å². The van der Waals surface area contributed by atoms with Crippen molar-refractivity contribution < 1.29 is 14.7 Å². The summed E-state index contributed by atoms with van der Waals surface area (Å²) in [6.07, 6.45) is 2.21. The Kier molecular flexibility index (Phi) is 2.87. The standard InChI is InChI=1S/C8H14N2O3/c9-4-6(11)10-5-8(7(12)13)2-1-3-8/h1-5,9H2,(H,10,11)(H,12,13). The van der Waals surface area contributed by atoms with E-state index in [1.165, 1.54) is 0 Å². The Morgan fingerprint density at radius 2 is 2.08 bits per heavy atom. The summed E-state index contributed by atoms with van der Waals surface area (Å²) in [5.41, 5.74) is 4.36. The summed E-state index contributed by atoms with van der Waals surface area (Å²) < 4.78 is 0. The van der Waals surface area contributed by atoms with Gasteiger partial charge in [0.05, 0.1) is 12.0 Å². The number of aliphatic carboxylic acids is 1. The number of nitrogens with one attached hydrogen (secondary N) is 1. The molecule has 13 heavy (non-hydrogen) atoms. The van der Waals surface area contributed by atoms with Gasteiger partial charge in [0.1, 0.15) is 0 Å². The van der Waals surface area contributed by atoms with Gasteiger partial charge in [-0.3, -0.25) is 9.59 Å². The zero-order chi connectivity index (χ0) is 9.90. The Labute approximate surface area is 76.3 Å². The normalized spacial score (nSPS) is 18.8. The van der Waals surface area contributed by atoms with Gasteiger partial charge in [-0.1, -0.05) is 6.42 Å². The van der Waals surface area contributed by atoms with Gasteiger partial charge in [0.2, 0.25) is 5.91 Å². The van der Waals surface area contributed by atoms with Crippen LogP contribution in [0.25, 0.3) is 0 Å². The number of carboxylic acids is 1. The average Bonchev–Trinajstić information content (AvgIpc) is 2.01. The van der Waals surface area contributed by atoms with Crippen molar-refractivity contribution in [3.8, 4) is 0 Å². The van der Waals surface area contributed by atoms with Crippen LogP contribution < -0.4 is 11.1 Å². The number of carboxylic acid groups (broad SMARTS) is 1. The molecule has 1 fully saturated rings. The van der Waals surface area contributed by atoms with E-state index in [0.29, 0.717) is 12.8 Å². The van der Waals surface area contributed by atoms with Crippen molar-refractivity contribution in [2.75, 3.05) is 13.1 Å². The maximum absolute atomic E-state index is 10.8. The molecule has 1 aliphatic rings. The quantitative estimate of drug-likeness (QED) is 0.542. The van der Waals surface area contributed by atoms with Gasteiger partial charge >= 0.3 is 5.97 Å². The molecule has 4 N–H and O–H groups in total. The van der Waals surface area contributed by atoms with Crippen molar-refractivity contribution in [3.05, 3.63) is 0 Å². The second-order valence-corrected chi connectivity index (χ2v) is 3.42. The lowest BCUT2D eigenvalue weighted by atomic mass is 9.69. The minimum atomic E-state index is -0.823. The summed E-state index contributed by atoms with van der Waals surface area (Å²) in [5.74, 6) is -1.12. The minimum Gasteiger partial charge on any atom is -0.481 e. The minimum absolute atomic E-state index is 0.0876. The lowest BCUT2D eigenvalue weighted by Crippen LogP contribution is -2.48. The lowest BCUT2D eigenvalue weighted by molar-refractivity contribution is -0.154. The zero-order valence-electron chi connectivity index (χ0n) is 7.38. The van der Waals surface area contributed by atoms with Gasteiger partial charge in [0, 0.05) is 6.54 Å². The summed E-state index contributed by atoms with van der Waals surface area (Å²) in [4.78, 5) is 21.6. The van der Waals surface area contributed by atoms with Crippen molar-refractivity contribution in [3.63, 3.8) is 0 Å². The summed E-state index contributed by atoms with van der Waals surface area (Å²) >= 11 is 0. The largest absolute Gasteiger partial charge is 0.481 e. The van der Waals surface area contributed by atoms with E-state index in [9.17, 15) is 9.59 Å². The third-order valence-electron chi connectivity index (χ3n) is 2.57. The molecule has 0 bridgehead atoms. The molecular weight excluding hydrogens is 172 g/mol. The third-order valence-corrected chi connectivity index (χ3v) is 2.57. The molecule has 1 aliphatic carbocycles. The Bertz CT molecular complexity index is 223. The van der Waals surface area contributed by atoms with Crippen molar-refractivity contribution in [2.45, 2.75) is 19.3 Å². The first-order valence-electron chi connectivity index (χ1n) is 4.31. The molecule has 0 saturated heterocycles. The Morgan fingerprint density at radius 1 is 1.46 bits per heavy atom. The topological polar surface area (TPSA) is 92.4 Å². The molecule has 0 unspecified atom stereocenters. The second-order valence-electron chi connectivity index (χ2n) is 3.42. The molecule has 0 atom stereocenters. The predicted octanol–water partition coefficient (Wildman–Crippen LogP) is -0.684. The van der Waals surface area contributed by atoms with Gasteiger partial charge < -0.3 is 16.2 Å². The van der Waals surface area contributed by atoms with E-state index in [-0.39, 0.29) is 19.0 Å². The maximum Gasteiger partial charge on any atom is 0.311 e. The van der Waals surface area contributed by atoms with Crippen LogP contribution in [0.3, 0.4) is 0 Å². The molecule has 1 amide bonds. The number of amides is 1. The Morgan fingerprint density at radius 3 is 2.38 bits per heavy atom. The van der Waals surface area contributed by atoms with Crippen LogP contribution in [0, 0.1) is 5.41 Å². The maximum atomic E-state index is 10.8. The van der Waals surface area contributed by atoms with Gasteiger partial charge in [-0.2, -0.15) is 0 Å². The number of hydrogen-bond acceptors (Lipinski definition) is 3. The highest BCUT2D eigenvalue weighted by atomic mass is 16.4. The van der Waals surface area contributed by atoms with Gasteiger partial charge in [-0.25, -0.2) is 0 Å². The molecule has 0 aromatic carbocycles. The van der Waals surface area contributed by atoms with E-state index >= 15 is 0 Å². The molecule has 1 saturated carbocycles. The van der Waals surface area contributed by atoms with Crippen molar-refractivity contribution in [1.82, 2.24) is 5.32 Å². The van der Waals surface area contributed by atoms with Crippen molar-refractivity contribution in [2.24, 2.45) is 11.1 Å². The molecule has 0 aromatic rings. The highest BCUT2D eigenvalue weighted by Gasteiger charge is 2.44. The number of carbonyl (C=O) groups is 2. The summed E-state index contributed by atoms with van der Waals surface area (Å²) in [6, 6.07) is 0. The van der Waals surface area contributed by atoms with Crippen LogP contribution in [0.15, 0.2) is 0 Å². The van der Waals surface area contributed by atoms with Gasteiger partial charge in [-0.05, 0) is 12.8 Å². The Balaban J connectivity index is 2.41. The van der Waals surface area contributed by atoms with E-state index in [1.54, 1.807) is 0 Å². The highest BCUT2D eigenvalue weighted by Crippen LogP contribution is 2.40. The number of nitrogens with two attached hydrogens (primary N) is 1. The van der Waals surface area contributed by atoms with Crippen LogP contribution in [-0.4, -0.2) is 30.1 Å². The SMILES string of the molecule is NCC(=O)NCC1(C(=O)O)CCC1. The van der Waals surface area contributed by atoms with Gasteiger partial charge in [0.15, 0.2) is 0 Å². The zero-order valence-corrected chi connectivity index (χ0v) is 7.38. The fourth-order valence-corrected chi connectivity index (χ4v) is 1.41. The van der Waals surface area contributed by atoms with Crippen LogP contribution in [0.5, 0.6) is 0 Å². The van der Waals surface area contributed by atoms with E-state index in [4.69, 9.17) is 10.8 Å². The molecule has 5 heteroatoms. The number of carbonyl (C=O) groups excluding carboxylic acids is 1.